The Morgan fingerprint density at radius 1 is 1.56 bits per heavy atom. The van der Waals surface area contributed by atoms with Crippen molar-refractivity contribution in [2.45, 2.75) is 26.0 Å². The second-order valence-corrected chi connectivity index (χ2v) is 4.84. The molecule has 0 saturated carbocycles. The predicted molar refractivity (Wildman–Crippen MR) is 67.6 cm³/mol. The van der Waals surface area contributed by atoms with Gasteiger partial charge in [0.2, 0.25) is 5.95 Å². The van der Waals surface area contributed by atoms with Gasteiger partial charge in [0, 0.05) is 19.1 Å². The molecule has 1 saturated heterocycles. The monoisotopic (exact) mass is 249 g/mol. The second kappa shape index (κ2) is 4.24. The van der Waals surface area contributed by atoms with Gasteiger partial charge in [-0.05, 0) is 31.5 Å². The summed E-state index contributed by atoms with van der Waals surface area (Å²) >= 11 is 0. The number of hydrogen-bond donors (Lipinski definition) is 1. The van der Waals surface area contributed by atoms with E-state index in [1.165, 1.54) is 12.1 Å². The maximum atomic E-state index is 13.3. The summed E-state index contributed by atoms with van der Waals surface area (Å²) in [5.74, 6) is 0.585. The van der Waals surface area contributed by atoms with Crippen molar-refractivity contribution in [2.24, 2.45) is 5.92 Å². The van der Waals surface area contributed by atoms with E-state index in [-0.39, 0.29) is 11.9 Å². The summed E-state index contributed by atoms with van der Waals surface area (Å²) in [6.07, 6.45) is 1.23. The average Bonchev–Trinajstić information content (AvgIpc) is 2.86. The number of nitrogen functional groups attached to an aromatic ring is 1. The topological polar surface area (TPSA) is 53.1 Å². The van der Waals surface area contributed by atoms with Crippen LogP contribution in [-0.2, 0) is 11.3 Å². The second-order valence-electron chi connectivity index (χ2n) is 4.84. The third kappa shape index (κ3) is 1.84. The molecule has 1 fully saturated rings. The molecule has 1 aliphatic rings. The molecule has 0 radical (unpaired) electrons. The number of anilines is 1. The molecule has 18 heavy (non-hydrogen) atoms. The lowest BCUT2D eigenvalue weighted by molar-refractivity contribution is 0.102. The molecule has 3 rings (SSSR count). The minimum absolute atomic E-state index is 0.218. The van der Waals surface area contributed by atoms with E-state index in [1.807, 2.05) is 4.57 Å². The Morgan fingerprint density at radius 2 is 2.39 bits per heavy atom. The SMILES string of the molecule is CC1OCCC1Cn1c(N)nc2ccc(F)cc21. The molecule has 2 unspecified atom stereocenters. The van der Waals surface area contributed by atoms with E-state index in [9.17, 15) is 4.39 Å². The van der Waals surface area contributed by atoms with Gasteiger partial charge in [0.1, 0.15) is 5.82 Å². The smallest absolute Gasteiger partial charge is 0.201 e. The van der Waals surface area contributed by atoms with E-state index < -0.39 is 0 Å². The number of hydrogen-bond acceptors (Lipinski definition) is 3. The summed E-state index contributed by atoms with van der Waals surface area (Å²) in [5.41, 5.74) is 7.41. The Morgan fingerprint density at radius 3 is 3.11 bits per heavy atom. The molecule has 4 nitrogen and oxygen atoms in total. The zero-order valence-corrected chi connectivity index (χ0v) is 10.3. The highest BCUT2D eigenvalue weighted by Gasteiger charge is 2.25. The van der Waals surface area contributed by atoms with Crippen molar-refractivity contribution in [3.05, 3.63) is 24.0 Å². The molecule has 0 aliphatic carbocycles. The van der Waals surface area contributed by atoms with Crippen molar-refractivity contribution >= 4 is 17.0 Å². The van der Waals surface area contributed by atoms with Crippen LogP contribution >= 0.6 is 0 Å². The molecule has 5 heteroatoms. The standard InChI is InChI=1S/C13H16FN3O/c1-8-9(4-5-18-8)7-17-12-6-10(14)2-3-11(12)16-13(17)15/h2-3,6,8-9H,4-5,7H2,1H3,(H2,15,16). The van der Waals surface area contributed by atoms with Crippen molar-refractivity contribution in [2.75, 3.05) is 12.3 Å². The lowest BCUT2D eigenvalue weighted by Gasteiger charge is -2.16. The van der Waals surface area contributed by atoms with Gasteiger partial charge in [-0.15, -0.1) is 0 Å². The fourth-order valence-electron chi connectivity index (χ4n) is 2.56. The van der Waals surface area contributed by atoms with Gasteiger partial charge in [-0.1, -0.05) is 0 Å². The summed E-state index contributed by atoms with van der Waals surface area (Å²) < 4.78 is 20.7. The number of halogens is 1. The first-order chi connectivity index (χ1) is 8.65. The van der Waals surface area contributed by atoms with Gasteiger partial charge in [0.15, 0.2) is 0 Å². The number of fused-ring (bicyclic) bond motifs is 1. The van der Waals surface area contributed by atoms with Crippen molar-refractivity contribution in [3.8, 4) is 0 Å². The van der Waals surface area contributed by atoms with E-state index in [0.717, 1.165) is 30.6 Å². The number of imidazole rings is 1. The number of ether oxygens (including phenoxy) is 1. The Balaban J connectivity index is 1.99. The van der Waals surface area contributed by atoms with Gasteiger partial charge >= 0.3 is 0 Å². The number of rotatable bonds is 2. The zero-order valence-electron chi connectivity index (χ0n) is 10.3. The van der Waals surface area contributed by atoms with Crippen LogP contribution in [0.15, 0.2) is 18.2 Å². The number of nitrogens with two attached hydrogens (primary N) is 1. The van der Waals surface area contributed by atoms with Gasteiger partial charge in [0.05, 0.1) is 17.1 Å². The van der Waals surface area contributed by atoms with Crippen molar-refractivity contribution in [3.63, 3.8) is 0 Å². The fraction of sp³-hybridized carbons (Fsp3) is 0.462. The van der Waals surface area contributed by atoms with Crippen LogP contribution < -0.4 is 5.73 Å². The largest absolute Gasteiger partial charge is 0.378 e. The van der Waals surface area contributed by atoms with Crippen LogP contribution in [0.4, 0.5) is 10.3 Å². The van der Waals surface area contributed by atoms with Crippen LogP contribution in [0.3, 0.4) is 0 Å². The van der Waals surface area contributed by atoms with E-state index >= 15 is 0 Å². The summed E-state index contributed by atoms with van der Waals surface area (Å²) in [7, 11) is 0. The zero-order chi connectivity index (χ0) is 12.7. The quantitative estimate of drug-likeness (QED) is 0.887. The maximum Gasteiger partial charge on any atom is 0.201 e. The molecule has 2 atom stereocenters. The molecular formula is C13H16FN3O. The Hall–Kier alpha value is -1.62. The van der Waals surface area contributed by atoms with E-state index in [2.05, 4.69) is 11.9 Å². The lowest BCUT2D eigenvalue weighted by Crippen LogP contribution is -2.19. The van der Waals surface area contributed by atoms with E-state index in [4.69, 9.17) is 10.5 Å². The van der Waals surface area contributed by atoms with Crippen LogP contribution in [0.5, 0.6) is 0 Å². The van der Waals surface area contributed by atoms with Crippen molar-refractivity contribution < 1.29 is 9.13 Å². The maximum absolute atomic E-state index is 13.3. The van der Waals surface area contributed by atoms with Gasteiger partial charge < -0.3 is 15.0 Å². The van der Waals surface area contributed by atoms with Gasteiger partial charge in [0.25, 0.3) is 0 Å². The Bertz CT molecular complexity index is 581. The summed E-state index contributed by atoms with van der Waals surface area (Å²) in [6.45, 7) is 3.58. The summed E-state index contributed by atoms with van der Waals surface area (Å²) in [6, 6.07) is 4.55. The van der Waals surface area contributed by atoms with Crippen molar-refractivity contribution in [1.82, 2.24) is 9.55 Å². The fourth-order valence-corrected chi connectivity index (χ4v) is 2.56. The highest BCUT2D eigenvalue weighted by Crippen LogP contribution is 2.26. The van der Waals surface area contributed by atoms with Crippen LogP contribution in [-0.4, -0.2) is 22.3 Å². The van der Waals surface area contributed by atoms with Gasteiger partial charge in [-0.3, -0.25) is 0 Å². The molecule has 1 aromatic carbocycles. The van der Waals surface area contributed by atoms with Crippen LogP contribution in [0.1, 0.15) is 13.3 Å². The van der Waals surface area contributed by atoms with Crippen LogP contribution in [0, 0.1) is 11.7 Å². The average molecular weight is 249 g/mol. The van der Waals surface area contributed by atoms with Gasteiger partial charge in [-0.25, -0.2) is 9.37 Å². The van der Waals surface area contributed by atoms with Crippen LogP contribution in [0.2, 0.25) is 0 Å². The first-order valence-corrected chi connectivity index (χ1v) is 6.18. The molecule has 2 aromatic rings. The summed E-state index contributed by atoms with van der Waals surface area (Å²) in [4.78, 5) is 4.25. The minimum atomic E-state index is -0.264. The number of benzene rings is 1. The normalized spacial score (nSPS) is 23.9. The Labute approximate surface area is 105 Å². The van der Waals surface area contributed by atoms with Gasteiger partial charge in [-0.2, -0.15) is 0 Å². The van der Waals surface area contributed by atoms with Crippen molar-refractivity contribution in [1.29, 1.82) is 0 Å². The Kier molecular flexibility index (Phi) is 2.70. The first kappa shape index (κ1) is 11.5. The molecule has 96 valence electrons. The van der Waals surface area contributed by atoms with E-state index in [0.29, 0.717) is 11.9 Å². The molecule has 2 N–H and O–H groups in total. The highest BCUT2D eigenvalue weighted by atomic mass is 19.1. The highest BCUT2D eigenvalue weighted by molar-refractivity contribution is 5.78. The third-order valence-corrected chi connectivity index (χ3v) is 3.69. The minimum Gasteiger partial charge on any atom is -0.378 e. The third-order valence-electron chi connectivity index (χ3n) is 3.69. The number of nitrogens with zero attached hydrogens (tertiary/aromatic N) is 2. The first-order valence-electron chi connectivity index (χ1n) is 6.18. The molecule has 0 bridgehead atoms. The molecule has 2 heterocycles. The molecule has 0 amide bonds. The lowest BCUT2D eigenvalue weighted by atomic mass is 10.0. The summed E-state index contributed by atoms with van der Waals surface area (Å²) in [5, 5.41) is 0. The predicted octanol–water partition coefficient (Wildman–Crippen LogP) is 2.18. The molecule has 1 aromatic heterocycles. The number of aromatic nitrogens is 2. The van der Waals surface area contributed by atoms with Crippen LogP contribution in [0.25, 0.3) is 11.0 Å². The van der Waals surface area contributed by atoms with E-state index in [1.54, 1.807) is 6.07 Å². The molecule has 1 aliphatic heterocycles. The molecule has 0 spiro atoms. The molecular weight excluding hydrogens is 233 g/mol.